The van der Waals surface area contributed by atoms with E-state index in [1.807, 2.05) is 35.2 Å². The predicted octanol–water partition coefficient (Wildman–Crippen LogP) is 4.73. The second-order valence-electron chi connectivity index (χ2n) is 6.38. The number of hydrogen-bond donors (Lipinski definition) is 1. The molecule has 2 aromatic rings. The van der Waals surface area contributed by atoms with Crippen LogP contribution in [0.25, 0.3) is 11.1 Å². The molecular weight excluding hydrogens is 399 g/mol. The number of carbonyl (C=O) groups is 1. The van der Waals surface area contributed by atoms with Gasteiger partial charge in [-0.15, -0.1) is 0 Å². The van der Waals surface area contributed by atoms with Gasteiger partial charge in [0.15, 0.2) is 0 Å². The van der Waals surface area contributed by atoms with Crippen LogP contribution in [-0.2, 0) is 9.63 Å². The highest BCUT2D eigenvalue weighted by Crippen LogP contribution is 2.31. The third kappa shape index (κ3) is 5.35. The lowest BCUT2D eigenvalue weighted by Crippen LogP contribution is -2.34. The Morgan fingerprint density at radius 3 is 2.82 bits per heavy atom. The maximum atomic E-state index is 11.1. The molecule has 7 heteroatoms. The third-order valence-corrected chi connectivity index (χ3v) is 5.00. The summed E-state index contributed by atoms with van der Waals surface area (Å²) < 4.78 is 0. The van der Waals surface area contributed by atoms with Crippen molar-refractivity contribution in [1.82, 2.24) is 4.90 Å². The van der Waals surface area contributed by atoms with Gasteiger partial charge < -0.3 is 9.94 Å². The van der Waals surface area contributed by atoms with Crippen molar-refractivity contribution in [2.75, 3.05) is 26.2 Å². The number of rotatable bonds is 7. The molecule has 0 radical (unpaired) electrons. The highest BCUT2D eigenvalue weighted by Gasteiger charge is 2.16. The molecule has 3 rings (SSSR count). The van der Waals surface area contributed by atoms with E-state index in [9.17, 15) is 4.79 Å². The highest BCUT2D eigenvalue weighted by molar-refractivity contribution is 6.36. The fourth-order valence-corrected chi connectivity index (χ4v) is 3.54. The van der Waals surface area contributed by atoms with E-state index in [1.54, 1.807) is 24.4 Å². The van der Waals surface area contributed by atoms with Gasteiger partial charge in [-0.25, -0.2) is 4.79 Å². The normalized spacial score (nSPS) is 14.9. The predicted molar refractivity (Wildman–Crippen MR) is 112 cm³/mol. The maximum absolute atomic E-state index is 11.1. The molecule has 0 aromatic heterocycles. The third-order valence-electron chi connectivity index (χ3n) is 4.45. The zero-order chi connectivity index (χ0) is 19.9. The lowest BCUT2D eigenvalue weighted by atomic mass is 10.0. The Balaban J connectivity index is 1.58. The number of halogens is 2. The summed E-state index contributed by atoms with van der Waals surface area (Å²) in [5, 5.41) is 14.3. The monoisotopic (exact) mass is 418 g/mol. The number of nitrogens with zero attached hydrogens (tertiary/aromatic N) is 2. The summed E-state index contributed by atoms with van der Waals surface area (Å²) in [5.41, 5.74) is 3.11. The van der Waals surface area contributed by atoms with Crippen LogP contribution in [0.1, 0.15) is 12.0 Å². The first-order chi connectivity index (χ1) is 13.5. The van der Waals surface area contributed by atoms with Crippen molar-refractivity contribution in [3.05, 3.63) is 69.7 Å². The first-order valence-corrected chi connectivity index (χ1v) is 9.64. The average Bonchev–Trinajstić information content (AvgIpc) is 2.68. The second-order valence-corrected chi connectivity index (χ2v) is 7.22. The Kier molecular flexibility index (Phi) is 7.09. The molecule has 0 fully saturated rings. The lowest BCUT2D eigenvalue weighted by molar-refractivity contribution is -0.133. The molecule has 1 heterocycles. The number of benzene rings is 2. The summed E-state index contributed by atoms with van der Waals surface area (Å²) in [6.07, 6.45) is 4.16. The van der Waals surface area contributed by atoms with Crippen LogP contribution in [-0.4, -0.2) is 48.4 Å². The number of oxime groups is 1. The topological polar surface area (TPSA) is 62.1 Å². The molecule has 0 amide bonds. The van der Waals surface area contributed by atoms with Gasteiger partial charge in [-0.3, -0.25) is 4.90 Å². The Bertz CT molecular complexity index is 912. The molecule has 0 saturated heterocycles. The molecule has 0 atom stereocenters. The Labute approximate surface area is 173 Å². The Morgan fingerprint density at radius 2 is 2.04 bits per heavy atom. The molecule has 0 saturated carbocycles. The van der Waals surface area contributed by atoms with Gasteiger partial charge in [0.1, 0.15) is 6.61 Å². The quantitative estimate of drug-likeness (QED) is 0.401. The van der Waals surface area contributed by atoms with E-state index < -0.39 is 5.97 Å². The largest absolute Gasteiger partial charge is 0.478 e. The van der Waals surface area contributed by atoms with Crippen LogP contribution < -0.4 is 0 Å². The van der Waals surface area contributed by atoms with Gasteiger partial charge in [-0.1, -0.05) is 64.8 Å². The van der Waals surface area contributed by atoms with Gasteiger partial charge in [0.2, 0.25) is 0 Å². The molecule has 2 aromatic carbocycles. The first-order valence-electron chi connectivity index (χ1n) is 8.89. The molecule has 1 aliphatic heterocycles. The van der Waals surface area contributed by atoms with Crippen molar-refractivity contribution in [1.29, 1.82) is 0 Å². The van der Waals surface area contributed by atoms with E-state index in [0.29, 0.717) is 35.3 Å². The van der Waals surface area contributed by atoms with Gasteiger partial charge in [-0.05, 0) is 24.1 Å². The van der Waals surface area contributed by atoms with Gasteiger partial charge in [-0.2, -0.15) is 0 Å². The van der Waals surface area contributed by atoms with E-state index in [1.165, 1.54) is 0 Å². The number of carboxylic acids is 1. The summed E-state index contributed by atoms with van der Waals surface area (Å²) in [6, 6.07) is 13.1. The minimum Gasteiger partial charge on any atom is -0.478 e. The molecule has 1 aliphatic rings. The van der Waals surface area contributed by atoms with E-state index in [2.05, 4.69) is 5.16 Å². The van der Waals surface area contributed by atoms with E-state index in [4.69, 9.17) is 33.1 Å². The van der Waals surface area contributed by atoms with Crippen molar-refractivity contribution in [3.8, 4) is 11.1 Å². The summed E-state index contributed by atoms with van der Waals surface area (Å²) in [5.74, 6) is -0.860. The van der Waals surface area contributed by atoms with Crippen molar-refractivity contribution in [2.45, 2.75) is 6.42 Å². The molecule has 0 unspecified atom stereocenters. The standard InChI is InChI=1S/C21H20Cl2N2O3/c22-17-7-8-19(20(23)12-17)18-6-2-1-4-15(18)13-24-28-11-10-25-9-3-5-16(14-25)21(26)27/h1-2,4-8,12-13H,3,9-11,14H2,(H,26,27). The van der Waals surface area contributed by atoms with E-state index >= 15 is 0 Å². The number of hydrogen-bond acceptors (Lipinski definition) is 4. The second kappa shape index (κ2) is 9.73. The fraction of sp³-hybridized carbons (Fsp3) is 0.238. The zero-order valence-electron chi connectivity index (χ0n) is 15.1. The maximum Gasteiger partial charge on any atom is 0.332 e. The average molecular weight is 419 g/mol. The molecule has 0 aliphatic carbocycles. The van der Waals surface area contributed by atoms with Gasteiger partial charge >= 0.3 is 5.97 Å². The van der Waals surface area contributed by atoms with Crippen molar-refractivity contribution in [2.24, 2.45) is 5.16 Å². The molecule has 146 valence electrons. The van der Waals surface area contributed by atoms with Crippen LogP contribution >= 0.6 is 23.2 Å². The molecule has 1 N–H and O–H groups in total. The summed E-state index contributed by atoms with van der Waals surface area (Å²) >= 11 is 12.3. The highest BCUT2D eigenvalue weighted by atomic mass is 35.5. The van der Waals surface area contributed by atoms with Crippen molar-refractivity contribution >= 4 is 35.4 Å². The van der Waals surface area contributed by atoms with E-state index in [-0.39, 0.29) is 0 Å². The molecular formula is C21H20Cl2N2O3. The fourth-order valence-electron chi connectivity index (χ4n) is 3.03. The Hall–Kier alpha value is -2.34. The minimum atomic E-state index is -0.860. The summed E-state index contributed by atoms with van der Waals surface area (Å²) in [6.45, 7) is 2.25. The van der Waals surface area contributed by atoms with Gasteiger partial charge in [0.25, 0.3) is 0 Å². The number of aliphatic carboxylic acids is 1. The van der Waals surface area contributed by atoms with Crippen LogP contribution in [0, 0.1) is 0 Å². The van der Waals surface area contributed by atoms with Crippen molar-refractivity contribution in [3.63, 3.8) is 0 Å². The first kappa shape index (κ1) is 20.4. The van der Waals surface area contributed by atoms with Crippen LogP contribution in [0.5, 0.6) is 0 Å². The molecule has 0 bridgehead atoms. The van der Waals surface area contributed by atoms with E-state index in [0.717, 1.165) is 29.7 Å². The smallest absolute Gasteiger partial charge is 0.332 e. The van der Waals surface area contributed by atoms with Crippen LogP contribution in [0.4, 0.5) is 0 Å². The summed E-state index contributed by atoms with van der Waals surface area (Å²) in [7, 11) is 0. The summed E-state index contributed by atoms with van der Waals surface area (Å²) in [4.78, 5) is 18.5. The minimum absolute atomic E-state index is 0.382. The SMILES string of the molecule is O=C(O)C1=CCCN(CCON=Cc2ccccc2-c2ccc(Cl)cc2Cl)C1. The van der Waals surface area contributed by atoms with Gasteiger partial charge in [0.05, 0.1) is 6.21 Å². The van der Waals surface area contributed by atoms with Crippen LogP contribution in [0.2, 0.25) is 10.0 Å². The molecule has 5 nitrogen and oxygen atoms in total. The van der Waals surface area contributed by atoms with Crippen molar-refractivity contribution < 1.29 is 14.7 Å². The van der Waals surface area contributed by atoms with Crippen LogP contribution in [0.3, 0.4) is 0 Å². The van der Waals surface area contributed by atoms with Crippen LogP contribution in [0.15, 0.2) is 59.3 Å². The zero-order valence-corrected chi connectivity index (χ0v) is 16.7. The van der Waals surface area contributed by atoms with Gasteiger partial charge in [0, 0.05) is 46.4 Å². The molecule has 0 spiro atoms. The Morgan fingerprint density at radius 1 is 1.21 bits per heavy atom. The number of carboxylic acid groups (broad SMARTS) is 1. The lowest BCUT2D eigenvalue weighted by Gasteiger charge is -2.24. The molecule has 28 heavy (non-hydrogen) atoms.